The van der Waals surface area contributed by atoms with Crippen molar-refractivity contribution >= 4 is 21.6 Å². The molecule has 0 amide bonds. The Morgan fingerprint density at radius 3 is 2.18 bits per heavy atom. The number of rotatable bonds is 5. The third-order valence-corrected chi connectivity index (χ3v) is 4.60. The van der Waals surface area contributed by atoms with Crippen LogP contribution >= 0.6 is 21.6 Å². The van der Waals surface area contributed by atoms with Crippen LogP contribution in [0, 0.1) is 0 Å². The third kappa shape index (κ3) is 3.69. The summed E-state index contributed by atoms with van der Waals surface area (Å²) in [4.78, 5) is 1.29. The Bertz CT molecular complexity index is 460. The zero-order valence-electron chi connectivity index (χ0n) is 9.50. The highest BCUT2D eigenvalue weighted by molar-refractivity contribution is 8.76. The van der Waals surface area contributed by atoms with Crippen molar-refractivity contribution in [1.82, 2.24) is 0 Å². The Morgan fingerprint density at radius 2 is 1.53 bits per heavy atom. The molecule has 0 aliphatic carbocycles. The zero-order chi connectivity index (χ0) is 11.9. The predicted molar refractivity (Wildman–Crippen MR) is 80.4 cm³/mol. The topological polar surface area (TPSA) is 0 Å². The van der Waals surface area contributed by atoms with Crippen molar-refractivity contribution in [3.05, 3.63) is 67.3 Å². The van der Waals surface area contributed by atoms with E-state index < -0.39 is 0 Å². The summed E-state index contributed by atoms with van der Waals surface area (Å²) in [6.45, 7) is 3.71. The van der Waals surface area contributed by atoms with Gasteiger partial charge in [0, 0.05) is 10.6 Å². The Morgan fingerprint density at radius 1 is 0.882 bits per heavy atom. The van der Waals surface area contributed by atoms with E-state index in [0.29, 0.717) is 0 Å². The Labute approximate surface area is 111 Å². The SMILES string of the molecule is C=CCSSc1ccc(-c2ccccc2)cc1. The van der Waals surface area contributed by atoms with Crippen LogP contribution in [0.15, 0.2) is 72.1 Å². The van der Waals surface area contributed by atoms with Gasteiger partial charge in [0.2, 0.25) is 0 Å². The van der Waals surface area contributed by atoms with Crippen molar-refractivity contribution in [3.63, 3.8) is 0 Å². The van der Waals surface area contributed by atoms with E-state index in [2.05, 4.69) is 55.1 Å². The summed E-state index contributed by atoms with van der Waals surface area (Å²) >= 11 is 0. The summed E-state index contributed by atoms with van der Waals surface area (Å²) in [6.07, 6.45) is 1.93. The van der Waals surface area contributed by atoms with Gasteiger partial charge in [-0.15, -0.1) is 6.58 Å². The molecule has 0 heterocycles. The van der Waals surface area contributed by atoms with Gasteiger partial charge in [-0.2, -0.15) is 0 Å². The van der Waals surface area contributed by atoms with E-state index in [4.69, 9.17) is 0 Å². The van der Waals surface area contributed by atoms with E-state index in [1.165, 1.54) is 16.0 Å². The average molecular weight is 258 g/mol. The second kappa shape index (κ2) is 6.58. The molecule has 2 aromatic carbocycles. The smallest absolute Gasteiger partial charge is 0.0218 e. The summed E-state index contributed by atoms with van der Waals surface area (Å²) in [6, 6.07) is 19.1. The first kappa shape index (κ1) is 12.3. The first-order valence-corrected chi connectivity index (χ1v) is 7.78. The molecule has 0 saturated carbocycles. The van der Waals surface area contributed by atoms with Gasteiger partial charge in [-0.3, -0.25) is 0 Å². The number of hydrogen-bond donors (Lipinski definition) is 0. The molecule has 0 aromatic heterocycles. The Kier molecular flexibility index (Phi) is 4.77. The van der Waals surface area contributed by atoms with Gasteiger partial charge in [0.15, 0.2) is 0 Å². The lowest BCUT2D eigenvalue weighted by molar-refractivity contribution is 1.47. The first-order chi connectivity index (χ1) is 8.40. The van der Waals surface area contributed by atoms with Crippen LogP contribution in [0.5, 0.6) is 0 Å². The highest BCUT2D eigenvalue weighted by Gasteiger charge is 1.97. The molecule has 17 heavy (non-hydrogen) atoms. The van der Waals surface area contributed by atoms with Crippen LogP contribution in [0.25, 0.3) is 11.1 Å². The van der Waals surface area contributed by atoms with E-state index in [1.54, 1.807) is 21.6 Å². The van der Waals surface area contributed by atoms with Crippen molar-refractivity contribution < 1.29 is 0 Å². The monoisotopic (exact) mass is 258 g/mol. The van der Waals surface area contributed by atoms with Crippen LogP contribution in [-0.2, 0) is 0 Å². The second-order valence-corrected chi connectivity index (χ2v) is 5.96. The summed E-state index contributed by atoms with van der Waals surface area (Å²) in [5.74, 6) is 0.977. The van der Waals surface area contributed by atoms with Gasteiger partial charge in [0.25, 0.3) is 0 Å². The lowest BCUT2D eigenvalue weighted by Gasteiger charge is -2.03. The lowest BCUT2D eigenvalue weighted by atomic mass is 10.1. The average Bonchev–Trinajstić information content (AvgIpc) is 2.41. The maximum Gasteiger partial charge on any atom is 0.0218 e. The van der Waals surface area contributed by atoms with Crippen LogP contribution in [0.1, 0.15) is 0 Å². The minimum absolute atomic E-state index is 0.977. The lowest BCUT2D eigenvalue weighted by Crippen LogP contribution is -1.76. The third-order valence-electron chi connectivity index (χ3n) is 2.30. The largest absolute Gasteiger partial charge is 0.102 e. The molecule has 2 rings (SSSR count). The van der Waals surface area contributed by atoms with Crippen molar-refractivity contribution in [2.45, 2.75) is 4.90 Å². The van der Waals surface area contributed by atoms with E-state index in [1.807, 2.05) is 12.1 Å². The quantitative estimate of drug-likeness (QED) is 0.406. The highest BCUT2D eigenvalue weighted by atomic mass is 33.1. The summed E-state index contributed by atoms with van der Waals surface area (Å²) in [7, 11) is 3.60. The maximum atomic E-state index is 3.71. The molecule has 0 aliphatic heterocycles. The van der Waals surface area contributed by atoms with Gasteiger partial charge < -0.3 is 0 Å². The number of hydrogen-bond acceptors (Lipinski definition) is 2. The van der Waals surface area contributed by atoms with Crippen LogP contribution < -0.4 is 0 Å². The van der Waals surface area contributed by atoms with Gasteiger partial charge >= 0.3 is 0 Å². The van der Waals surface area contributed by atoms with Crippen molar-refractivity contribution in [3.8, 4) is 11.1 Å². The molecular weight excluding hydrogens is 244 g/mol. The normalized spacial score (nSPS) is 10.1. The van der Waals surface area contributed by atoms with Crippen LogP contribution in [0.2, 0.25) is 0 Å². The zero-order valence-corrected chi connectivity index (χ0v) is 11.1. The van der Waals surface area contributed by atoms with E-state index in [-0.39, 0.29) is 0 Å². The fraction of sp³-hybridized carbons (Fsp3) is 0.0667. The van der Waals surface area contributed by atoms with Gasteiger partial charge in [-0.25, -0.2) is 0 Å². The molecule has 0 aliphatic rings. The summed E-state index contributed by atoms with van der Waals surface area (Å²) in [5, 5.41) is 0. The van der Waals surface area contributed by atoms with E-state index in [0.717, 1.165) is 5.75 Å². The van der Waals surface area contributed by atoms with Gasteiger partial charge in [0.1, 0.15) is 0 Å². The predicted octanol–water partition coefficient (Wildman–Crippen LogP) is 5.28. The second-order valence-electron chi connectivity index (χ2n) is 3.55. The first-order valence-electron chi connectivity index (χ1n) is 5.46. The van der Waals surface area contributed by atoms with E-state index in [9.17, 15) is 0 Å². The van der Waals surface area contributed by atoms with Crippen LogP contribution in [0.4, 0.5) is 0 Å². The highest BCUT2D eigenvalue weighted by Crippen LogP contribution is 2.32. The molecule has 0 nitrogen and oxygen atoms in total. The van der Waals surface area contributed by atoms with Gasteiger partial charge in [0.05, 0.1) is 0 Å². The standard InChI is InChI=1S/C15H14S2/c1-2-12-16-17-15-10-8-14(9-11-15)13-6-4-3-5-7-13/h2-11H,1,12H2. The van der Waals surface area contributed by atoms with Crippen LogP contribution in [-0.4, -0.2) is 5.75 Å². The fourth-order valence-corrected chi connectivity index (χ4v) is 3.27. The molecule has 0 bridgehead atoms. The van der Waals surface area contributed by atoms with Gasteiger partial charge in [-0.05, 0) is 23.3 Å². The van der Waals surface area contributed by atoms with Crippen molar-refractivity contribution in [2.75, 3.05) is 5.75 Å². The van der Waals surface area contributed by atoms with E-state index >= 15 is 0 Å². The number of benzene rings is 2. The fourth-order valence-electron chi connectivity index (χ4n) is 1.48. The Balaban J connectivity index is 2.05. The van der Waals surface area contributed by atoms with Crippen LogP contribution in [0.3, 0.4) is 0 Å². The summed E-state index contributed by atoms with van der Waals surface area (Å²) < 4.78 is 0. The van der Waals surface area contributed by atoms with Crippen molar-refractivity contribution in [1.29, 1.82) is 0 Å². The molecule has 0 N–H and O–H groups in total. The molecule has 0 atom stereocenters. The molecule has 0 saturated heterocycles. The Hall–Kier alpha value is -1.12. The molecule has 2 aromatic rings. The molecule has 0 spiro atoms. The van der Waals surface area contributed by atoms with Gasteiger partial charge in [-0.1, -0.05) is 70.1 Å². The summed E-state index contributed by atoms with van der Waals surface area (Å²) in [5.41, 5.74) is 2.53. The molecule has 0 radical (unpaired) electrons. The molecule has 0 fully saturated rings. The minimum atomic E-state index is 0.977. The molecule has 86 valence electrons. The maximum absolute atomic E-state index is 3.71. The molecule has 2 heteroatoms. The van der Waals surface area contributed by atoms with Crippen molar-refractivity contribution in [2.24, 2.45) is 0 Å². The molecule has 0 unspecified atom stereocenters. The minimum Gasteiger partial charge on any atom is -0.102 e. The molecular formula is C15H14S2.